The quantitative estimate of drug-likeness (QED) is 0.825. The van der Waals surface area contributed by atoms with Gasteiger partial charge in [-0.25, -0.2) is 4.39 Å². The minimum absolute atomic E-state index is 0.291. The fraction of sp³-hybridized carbons (Fsp3) is 0.368. The fourth-order valence-electron chi connectivity index (χ4n) is 3.33. The first-order valence-corrected chi connectivity index (χ1v) is 8.57. The second-order valence-electron chi connectivity index (χ2n) is 6.31. The molecular weight excluding hydrogens is 327 g/mol. The van der Waals surface area contributed by atoms with E-state index >= 15 is 0 Å². The number of halogens is 2. The number of nitrogens with zero attached hydrogens (tertiary/aromatic N) is 1. The zero-order valence-corrected chi connectivity index (χ0v) is 14.5. The van der Waals surface area contributed by atoms with E-state index in [9.17, 15) is 4.39 Å². The zero-order chi connectivity index (χ0) is 17.1. The van der Waals surface area contributed by atoms with Crippen molar-refractivity contribution in [2.45, 2.75) is 19.3 Å². The topological polar surface area (TPSA) is 38.5 Å². The molecule has 1 aliphatic rings. The first-order chi connectivity index (χ1) is 11.6. The third kappa shape index (κ3) is 3.75. The van der Waals surface area contributed by atoms with Crippen LogP contribution in [0.4, 0.5) is 15.8 Å². The van der Waals surface area contributed by atoms with Gasteiger partial charge in [-0.1, -0.05) is 17.7 Å². The summed E-state index contributed by atoms with van der Waals surface area (Å²) in [6.07, 6.45) is 3.02. The lowest BCUT2D eigenvalue weighted by molar-refractivity contribution is 0.383. The van der Waals surface area contributed by atoms with Crippen LogP contribution in [0.5, 0.6) is 5.75 Å². The lowest BCUT2D eigenvalue weighted by Gasteiger charge is -2.34. The maximum atomic E-state index is 13.8. The molecular formula is C19H22ClFN2O. The Kier molecular flexibility index (Phi) is 5.14. The highest BCUT2D eigenvalue weighted by Crippen LogP contribution is 2.32. The van der Waals surface area contributed by atoms with Crippen LogP contribution in [0.2, 0.25) is 5.02 Å². The first-order valence-electron chi connectivity index (χ1n) is 8.19. The Bertz CT molecular complexity index is 715. The lowest BCUT2D eigenvalue weighted by Crippen LogP contribution is -2.34. The fourth-order valence-corrected chi connectivity index (χ4v) is 3.64. The average Bonchev–Trinajstić information content (AvgIpc) is 2.56. The Morgan fingerprint density at radius 1 is 1.21 bits per heavy atom. The molecule has 0 saturated carbocycles. The second kappa shape index (κ2) is 7.31. The summed E-state index contributed by atoms with van der Waals surface area (Å²) in [5.41, 5.74) is 8.50. The van der Waals surface area contributed by atoms with E-state index < -0.39 is 0 Å². The highest BCUT2D eigenvalue weighted by molar-refractivity contribution is 6.33. The van der Waals surface area contributed by atoms with Crippen LogP contribution < -0.4 is 15.4 Å². The molecule has 3 nitrogen and oxygen atoms in total. The second-order valence-corrected chi connectivity index (χ2v) is 6.72. The standard InChI is InChI=1S/C19H22ClFN2O/c1-24-19-5-2-14(11-17(19)21)10-13-6-8-23(9-7-13)18-4-3-15(22)12-16(18)20/h2-5,11-13H,6-10,22H2,1H3. The number of rotatable bonds is 4. The van der Waals surface area contributed by atoms with Gasteiger partial charge in [0.15, 0.2) is 11.6 Å². The highest BCUT2D eigenvalue weighted by Gasteiger charge is 2.21. The monoisotopic (exact) mass is 348 g/mol. The Morgan fingerprint density at radius 2 is 1.96 bits per heavy atom. The van der Waals surface area contributed by atoms with Gasteiger partial charge in [-0.2, -0.15) is 0 Å². The number of nitrogens with two attached hydrogens (primary N) is 1. The molecule has 1 aliphatic heterocycles. The molecule has 0 radical (unpaired) electrons. The molecule has 0 unspecified atom stereocenters. The van der Waals surface area contributed by atoms with E-state index in [-0.39, 0.29) is 5.82 Å². The molecule has 2 aromatic rings. The molecule has 1 heterocycles. The van der Waals surface area contributed by atoms with E-state index in [4.69, 9.17) is 22.1 Å². The normalized spacial score (nSPS) is 15.5. The summed E-state index contributed by atoms with van der Waals surface area (Å²) in [4.78, 5) is 2.30. The first kappa shape index (κ1) is 16.9. The van der Waals surface area contributed by atoms with Crippen molar-refractivity contribution in [2.75, 3.05) is 30.8 Å². The maximum absolute atomic E-state index is 13.8. The van der Waals surface area contributed by atoms with E-state index in [0.29, 0.717) is 22.4 Å². The Balaban J connectivity index is 1.60. The van der Waals surface area contributed by atoms with Crippen molar-refractivity contribution in [3.8, 4) is 5.75 Å². The summed E-state index contributed by atoms with van der Waals surface area (Å²) in [5, 5.41) is 0.700. The van der Waals surface area contributed by atoms with Gasteiger partial charge in [-0.15, -0.1) is 0 Å². The predicted molar refractivity (Wildman–Crippen MR) is 97.5 cm³/mol. The molecule has 3 rings (SSSR count). The van der Waals surface area contributed by atoms with Crippen molar-refractivity contribution in [3.05, 3.63) is 52.8 Å². The van der Waals surface area contributed by atoms with Crippen LogP contribution >= 0.6 is 11.6 Å². The van der Waals surface area contributed by atoms with Gasteiger partial charge >= 0.3 is 0 Å². The summed E-state index contributed by atoms with van der Waals surface area (Å²) in [5.74, 6) is 0.564. The largest absolute Gasteiger partial charge is 0.494 e. The van der Waals surface area contributed by atoms with Crippen molar-refractivity contribution in [1.82, 2.24) is 0 Å². The molecule has 1 fully saturated rings. The lowest BCUT2D eigenvalue weighted by atomic mass is 9.90. The smallest absolute Gasteiger partial charge is 0.165 e. The summed E-state index contributed by atoms with van der Waals surface area (Å²) in [7, 11) is 1.48. The van der Waals surface area contributed by atoms with Gasteiger partial charge in [0.25, 0.3) is 0 Å². The minimum Gasteiger partial charge on any atom is -0.494 e. The molecule has 24 heavy (non-hydrogen) atoms. The third-order valence-electron chi connectivity index (χ3n) is 4.67. The van der Waals surface area contributed by atoms with E-state index in [1.807, 2.05) is 18.2 Å². The number of hydrogen-bond acceptors (Lipinski definition) is 3. The van der Waals surface area contributed by atoms with E-state index in [0.717, 1.165) is 43.6 Å². The van der Waals surface area contributed by atoms with Gasteiger partial charge in [0.2, 0.25) is 0 Å². The van der Waals surface area contributed by atoms with Crippen LogP contribution in [-0.2, 0) is 6.42 Å². The Labute approximate surface area is 147 Å². The van der Waals surface area contributed by atoms with Crippen molar-refractivity contribution >= 4 is 23.0 Å². The molecule has 0 bridgehead atoms. The molecule has 0 aliphatic carbocycles. The Morgan fingerprint density at radius 3 is 2.58 bits per heavy atom. The minimum atomic E-state index is -0.291. The highest BCUT2D eigenvalue weighted by atomic mass is 35.5. The van der Waals surface area contributed by atoms with E-state index in [1.54, 1.807) is 18.2 Å². The van der Waals surface area contributed by atoms with Crippen LogP contribution in [-0.4, -0.2) is 20.2 Å². The van der Waals surface area contributed by atoms with Gasteiger partial charge in [-0.05, 0) is 61.1 Å². The summed E-state index contributed by atoms with van der Waals surface area (Å²) >= 11 is 6.30. The third-order valence-corrected chi connectivity index (χ3v) is 4.97. The zero-order valence-electron chi connectivity index (χ0n) is 13.8. The number of ether oxygens (including phenoxy) is 1. The number of piperidine rings is 1. The Hall–Kier alpha value is -1.94. The predicted octanol–water partition coefficient (Wildman–Crippen LogP) is 4.53. The molecule has 128 valence electrons. The summed E-state index contributed by atoms with van der Waals surface area (Å²) < 4.78 is 18.8. The van der Waals surface area contributed by atoms with Gasteiger partial charge < -0.3 is 15.4 Å². The van der Waals surface area contributed by atoms with Crippen molar-refractivity contribution in [1.29, 1.82) is 0 Å². The molecule has 5 heteroatoms. The molecule has 0 spiro atoms. The summed E-state index contributed by atoms with van der Waals surface area (Å²) in [6.45, 7) is 1.90. The SMILES string of the molecule is COc1ccc(CC2CCN(c3ccc(N)cc3Cl)CC2)cc1F. The van der Waals surface area contributed by atoms with E-state index in [1.165, 1.54) is 7.11 Å². The molecule has 0 aromatic heterocycles. The van der Waals surface area contributed by atoms with Crippen LogP contribution in [0.1, 0.15) is 18.4 Å². The maximum Gasteiger partial charge on any atom is 0.165 e. The van der Waals surface area contributed by atoms with Crippen LogP contribution in [0, 0.1) is 11.7 Å². The number of nitrogen functional groups attached to an aromatic ring is 1. The molecule has 0 atom stereocenters. The van der Waals surface area contributed by atoms with Crippen molar-refractivity contribution in [2.24, 2.45) is 5.92 Å². The molecule has 2 aromatic carbocycles. The average molecular weight is 349 g/mol. The number of anilines is 2. The van der Waals surface area contributed by atoms with E-state index in [2.05, 4.69) is 4.90 Å². The van der Waals surface area contributed by atoms with Gasteiger partial charge in [0.05, 0.1) is 17.8 Å². The van der Waals surface area contributed by atoms with Gasteiger partial charge in [0, 0.05) is 18.8 Å². The number of methoxy groups -OCH3 is 1. The van der Waals surface area contributed by atoms with Gasteiger partial charge in [0.1, 0.15) is 0 Å². The number of hydrogen-bond donors (Lipinski definition) is 1. The van der Waals surface area contributed by atoms with Crippen LogP contribution in [0.15, 0.2) is 36.4 Å². The molecule has 2 N–H and O–H groups in total. The van der Waals surface area contributed by atoms with Gasteiger partial charge in [-0.3, -0.25) is 0 Å². The molecule has 1 saturated heterocycles. The van der Waals surface area contributed by atoms with Crippen molar-refractivity contribution < 1.29 is 9.13 Å². The number of benzene rings is 2. The molecule has 0 amide bonds. The van der Waals surface area contributed by atoms with Crippen molar-refractivity contribution in [3.63, 3.8) is 0 Å². The summed E-state index contributed by atoms with van der Waals surface area (Å²) in [6, 6.07) is 10.9. The van der Waals surface area contributed by atoms with Crippen LogP contribution in [0.3, 0.4) is 0 Å². The van der Waals surface area contributed by atoms with Crippen LogP contribution in [0.25, 0.3) is 0 Å².